The van der Waals surface area contributed by atoms with Crippen LogP contribution in [0.2, 0.25) is 0 Å². The van der Waals surface area contributed by atoms with Crippen LogP contribution < -0.4 is 5.32 Å². The first-order valence-corrected chi connectivity index (χ1v) is 8.31. The fourth-order valence-corrected chi connectivity index (χ4v) is 2.48. The molecule has 7 heteroatoms. The van der Waals surface area contributed by atoms with Crippen molar-refractivity contribution in [1.82, 2.24) is 14.7 Å². The summed E-state index contributed by atoms with van der Waals surface area (Å²) in [6.45, 7) is 2.10. The van der Waals surface area contributed by atoms with Gasteiger partial charge in [-0.05, 0) is 24.3 Å². The number of hydrogen-bond donors (Lipinski definition) is 1. The lowest BCUT2D eigenvalue weighted by Gasteiger charge is -2.13. The molecule has 26 heavy (non-hydrogen) atoms. The Kier molecular flexibility index (Phi) is 5.17. The van der Waals surface area contributed by atoms with Crippen molar-refractivity contribution in [3.8, 4) is 5.69 Å². The van der Waals surface area contributed by atoms with Crippen molar-refractivity contribution >= 4 is 17.6 Å². The van der Waals surface area contributed by atoms with Crippen LogP contribution in [0, 0.1) is 0 Å². The van der Waals surface area contributed by atoms with Crippen molar-refractivity contribution in [2.45, 2.75) is 19.9 Å². The van der Waals surface area contributed by atoms with E-state index in [1.807, 2.05) is 30.3 Å². The predicted molar refractivity (Wildman–Crippen MR) is 97.0 cm³/mol. The standard InChI is InChI=1S/C19H20N4O3/c1-3-18(24)20-17-12-16(21-23(17)14-8-5-4-6-9-14)19(25)22(2)13-15-10-7-11-26-15/h4-12H,3,13H2,1-2H3,(H,20,24). The Morgan fingerprint density at radius 3 is 2.62 bits per heavy atom. The van der Waals surface area contributed by atoms with Crippen LogP contribution in [0.25, 0.3) is 5.69 Å². The van der Waals surface area contributed by atoms with Crippen molar-refractivity contribution < 1.29 is 14.0 Å². The number of para-hydroxylation sites is 1. The molecule has 0 fully saturated rings. The number of aromatic nitrogens is 2. The average Bonchev–Trinajstić information content (AvgIpc) is 3.31. The molecule has 0 bridgehead atoms. The summed E-state index contributed by atoms with van der Waals surface area (Å²) in [4.78, 5) is 26.1. The van der Waals surface area contributed by atoms with E-state index in [0.29, 0.717) is 24.5 Å². The van der Waals surface area contributed by atoms with Gasteiger partial charge in [-0.15, -0.1) is 0 Å². The van der Waals surface area contributed by atoms with E-state index >= 15 is 0 Å². The van der Waals surface area contributed by atoms with Gasteiger partial charge in [0.25, 0.3) is 5.91 Å². The molecule has 0 radical (unpaired) electrons. The number of benzene rings is 1. The third-order valence-electron chi connectivity index (χ3n) is 3.84. The van der Waals surface area contributed by atoms with Gasteiger partial charge < -0.3 is 14.6 Å². The molecule has 0 saturated heterocycles. The minimum atomic E-state index is -0.261. The van der Waals surface area contributed by atoms with Crippen LogP contribution in [0.3, 0.4) is 0 Å². The fraction of sp³-hybridized carbons (Fsp3) is 0.211. The van der Waals surface area contributed by atoms with Crippen LogP contribution in [0.1, 0.15) is 29.6 Å². The van der Waals surface area contributed by atoms with Crippen molar-refractivity contribution in [3.63, 3.8) is 0 Å². The second-order valence-electron chi connectivity index (χ2n) is 5.80. The fourth-order valence-electron chi connectivity index (χ4n) is 2.48. The Hall–Kier alpha value is -3.35. The summed E-state index contributed by atoms with van der Waals surface area (Å²) in [5.74, 6) is 0.730. The third-order valence-corrected chi connectivity index (χ3v) is 3.84. The van der Waals surface area contributed by atoms with E-state index in [-0.39, 0.29) is 17.5 Å². The number of nitrogens with one attached hydrogen (secondary N) is 1. The highest BCUT2D eigenvalue weighted by Gasteiger charge is 2.20. The minimum Gasteiger partial charge on any atom is -0.467 e. The van der Waals surface area contributed by atoms with Gasteiger partial charge in [-0.1, -0.05) is 25.1 Å². The molecule has 3 aromatic rings. The second kappa shape index (κ2) is 7.69. The first kappa shape index (κ1) is 17.5. The second-order valence-corrected chi connectivity index (χ2v) is 5.80. The van der Waals surface area contributed by atoms with Gasteiger partial charge in [0.15, 0.2) is 5.69 Å². The quantitative estimate of drug-likeness (QED) is 0.739. The number of rotatable bonds is 6. The zero-order chi connectivity index (χ0) is 18.5. The Balaban J connectivity index is 1.89. The lowest BCUT2D eigenvalue weighted by Crippen LogP contribution is -2.26. The molecule has 2 heterocycles. The largest absolute Gasteiger partial charge is 0.467 e. The average molecular weight is 352 g/mol. The molecule has 7 nitrogen and oxygen atoms in total. The minimum absolute atomic E-state index is 0.148. The summed E-state index contributed by atoms with van der Waals surface area (Å²) in [5, 5.41) is 7.19. The zero-order valence-electron chi connectivity index (χ0n) is 14.7. The summed E-state index contributed by atoms with van der Waals surface area (Å²) in [6, 6.07) is 14.5. The summed E-state index contributed by atoms with van der Waals surface area (Å²) in [7, 11) is 1.68. The van der Waals surface area contributed by atoms with Crippen LogP contribution in [0.4, 0.5) is 5.82 Å². The van der Waals surface area contributed by atoms with E-state index in [1.54, 1.807) is 43.1 Å². The van der Waals surface area contributed by atoms with Gasteiger partial charge in [-0.3, -0.25) is 9.59 Å². The summed E-state index contributed by atoms with van der Waals surface area (Å²) in [6.07, 6.45) is 1.90. The Morgan fingerprint density at radius 1 is 1.19 bits per heavy atom. The maximum absolute atomic E-state index is 12.7. The van der Waals surface area contributed by atoms with Crippen molar-refractivity contribution in [1.29, 1.82) is 0 Å². The number of carbonyl (C=O) groups is 2. The maximum atomic E-state index is 12.7. The molecule has 0 spiro atoms. The predicted octanol–water partition coefficient (Wildman–Crippen LogP) is 3.09. The summed E-state index contributed by atoms with van der Waals surface area (Å²) in [5.41, 5.74) is 1.00. The molecule has 0 aliphatic carbocycles. The van der Waals surface area contributed by atoms with Gasteiger partial charge in [0.05, 0.1) is 18.5 Å². The van der Waals surface area contributed by atoms with Crippen LogP contribution in [-0.2, 0) is 11.3 Å². The molecule has 1 N–H and O–H groups in total. The maximum Gasteiger partial charge on any atom is 0.274 e. The van der Waals surface area contributed by atoms with Gasteiger partial charge in [-0.2, -0.15) is 5.10 Å². The topological polar surface area (TPSA) is 80.4 Å². The normalized spacial score (nSPS) is 10.5. The zero-order valence-corrected chi connectivity index (χ0v) is 14.7. The molecule has 2 amide bonds. The molecule has 1 aromatic carbocycles. The first-order valence-electron chi connectivity index (χ1n) is 8.31. The van der Waals surface area contributed by atoms with Gasteiger partial charge in [0.1, 0.15) is 11.6 Å². The third kappa shape index (κ3) is 3.83. The number of nitrogens with zero attached hydrogens (tertiary/aromatic N) is 3. The van der Waals surface area contributed by atoms with E-state index in [4.69, 9.17) is 4.42 Å². The van der Waals surface area contributed by atoms with Crippen LogP contribution >= 0.6 is 0 Å². The van der Waals surface area contributed by atoms with Crippen molar-refractivity contribution in [2.75, 3.05) is 12.4 Å². The number of anilines is 1. The van der Waals surface area contributed by atoms with Gasteiger partial charge in [-0.25, -0.2) is 4.68 Å². The Labute approximate surface area is 151 Å². The highest BCUT2D eigenvalue weighted by Crippen LogP contribution is 2.19. The number of carbonyl (C=O) groups excluding carboxylic acids is 2. The van der Waals surface area contributed by atoms with E-state index in [1.165, 1.54) is 4.90 Å². The molecule has 3 rings (SSSR count). The van der Waals surface area contributed by atoms with Gasteiger partial charge in [0, 0.05) is 19.5 Å². The lowest BCUT2D eigenvalue weighted by molar-refractivity contribution is -0.115. The lowest BCUT2D eigenvalue weighted by atomic mass is 10.3. The highest BCUT2D eigenvalue weighted by atomic mass is 16.3. The molecule has 134 valence electrons. The summed E-state index contributed by atoms with van der Waals surface area (Å²) >= 11 is 0. The smallest absolute Gasteiger partial charge is 0.274 e. The number of furan rings is 1. The summed E-state index contributed by atoms with van der Waals surface area (Å²) < 4.78 is 6.84. The Bertz CT molecular complexity index is 885. The van der Waals surface area contributed by atoms with E-state index in [2.05, 4.69) is 10.4 Å². The number of hydrogen-bond acceptors (Lipinski definition) is 4. The molecule has 0 saturated carbocycles. The molecular weight excluding hydrogens is 332 g/mol. The molecule has 0 aliphatic rings. The van der Waals surface area contributed by atoms with Crippen LogP contribution in [0.5, 0.6) is 0 Å². The molecule has 0 unspecified atom stereocenters. The van der Waals surface area contributed by atoms with Crippen LogP contribution in [0.15, 0.2) is 59.2 Å². The molecule has 0 atom stereocenters. The molecule has 2 aromatic heterocycles. The van der Waals surface area contributed by atoms with Gasteiger partial charge >= 0.3 is 0 Å². The van der Waals surface area contributed by atoms with E-state index in [9.17, 15) is 9.59 Å². The molecular formula is C19H20N4O3. The Morgan fingerprint density at radius 2 is 1.96 bits per heavy atom. The van der Waals surface area contributed by atoms with Crippen molar-refractivity contribution in [3.05, 3.63) is 66.2 Å². The number of amides is 2. The SMILES string of the molecule is CCC(=O)Nc1cc(C(=O)N(C)Cc2ccco2)nn1-c1ccccc1. The highest BCUT2D eigenvalue weighted by molar-refractivity contribution is 5.95. The molecule has 0 aliphatic heterocycles. The first-order chi connectivity index (χ1) is 12.6. The van der Waals surface area contributed by atoms with E-state index < -0.39 is 0 Å². The van der Waals surface area contributed by atoms with Crippen LogP contribution in [-0.4, -0.2) is 33.5 Å². The van der Waals surface area contributed by atoms with Crippen molar-refractivity contribution in [2.24, 2.45) is 0 Å². The van der Waals surface area contributed by atoms with Gasteiger partial charge in [0.2, 0.25) is 5.91 Å². The monoisotopic (exact) mass is 352 g/mol. The van der Waals surface area contributed by atoms with E-state index in [0.717, 1.165) is 5.69 Å².